The number of likely N-dealkylation sites (tertiary alicyclic amines) is 1. The summed E-state index contributed by atoms with van der Waals surface area (Å²) < 4.78 is 0.715. The highest BCUT2D eigenvalue weighted by Gasteiger charge is 2.51. The van der Waals surface area contributed by atoms with E-state index in [1.54, 1.807) is 23.1 Å². The first-order chi connectivity index (χ1) is 9.89. The number of nitrogens with zero attached hydrogens (tertiary/aromatic N) is 1. The van der Waals surface area contributed by atoms with Gasteiger partial charge in [0, 0.05) is 22.3 Å². The van der Waals surface area contributed by atoms with Gasteiger partial charge in [0.1, 0.15) is 5.54 Å². The zero-order valence-electron chi connectivity index (χ0n) is 11.0. The lowest BCUT2D eigenvalue weighted by molar-refractivity contribution is -0.123. The van der Waals surface area contributed by atoms with Crippen molar-refractivity contribution in [3.8, 4) is 0 Å². The number of benzene rings is 1. The van der Waals surface area contributed by atoms with E-state index in [9.17, 15) is 14.4 Å². The minimum Gasteiger partial charge on any atom is -0.399 e. The molecule has 0 saturated carbocycles. The van der Waals surface area contributed by atoms with Gasteiger partial charge < -0.3 is 16.0 Å². The van der Waals surface area contributed by atoms with Gasteiger partial charge in [-0.25, -0.2) is 4.79 Å². The number of hydrogen-bond donors (Lipinski definition) is 3. The molecule has 1 aromatic carbocycles. The molecule has 0 bridgehead atoms. The molecular weight excluding hydrogens is 340 g/mol. The van der Waals surface area contributed by atoms with Gasteiger partial charge in [0.25, 0.3) is 11.8 Å². The highest BCUT2D eigenvalue weighted by molar-refractivity contribution is 9.10. The number of amides is 4. The smallest absolute Gasteiger partial charge is 0.322 e. The van der Waals surface area contributed by atoms with Gasteiger partial charge >= 0.3 is 6.03 Å². The van der Waals surface area contributed by atoms with Crippen LogP contribution < -0.4 is 16.4 Å². The Morgan fingerprint density at radius 1 is 1.33 bits per heavy atom. The lowest BCUT2D eigenvalue weighted by Gasteiger charge is -2.21. The molecule has 8 heteroatoms. The quantitative estimate of drug-likeness (QED) is 0.504. The lowest BCUT2D eigenvalue weighted by Crippen LogP contribution is -2.49. The first-order valence-electron chi connectivity index (χ1n) is 6.39. The van der Waals surface area contributed by atoms with Gasteiger partial charge in [0.2, 0.25) is 0 Å². The number of nitrogens with one attached hydrogen (secondary N) is 2. The van der Waals surface area contributed by atoms with Crippen LogP contribution in [0, 0.1) is 0 Å². The summed E-state index contributed by atoms with van der Waals surface area (Å²) in [7, 11) is 0. The molecule has 0 radical (unpaired) electrons. The number of nitrogen functional groups attached to an aromatic ring is 1. The monoisotopic (exact) mass is 352 g/mol. The highest BCUT2D eigenvalue weighted by Crippen LogP contribution is 2.27. The van der Waals surface area contributed by atoms with Crippen molar-refractivity contribution >= 4 is 39.5 Å². The topological polar surface area (TPSA) is 105 Å². The lowest BCUT2D eigenvalue weighted by atomic mass is 9.99. The average Bonchev–Trinajstić information content (AvgIpc) is 2.93. The van der Waals surface area contributed by atoms with Crippen molar-refractivity contribution < 1.29 is 14.4 Å². The maximum atomic E-state index is 12.5. The minimum atomic E-state index is -0.996. The maximum Gasteiger partial charge on any atom is 0.322 e. The molecule has 3 rings (SSSR count). The minimum absolute atomic E-state index is 0.163. The first kappa shape index (κ1) is 13.9. The molecular formula is C13H13BrN4O3. The predicted octanol–water partition coefficient (Wildman–Crippen LogP) is 0.455. The predicted molar refractivity (Wildman–Crippen MR) is 78.5 cm³/mol. The zero-order chi connectivity index (χ0) is 15.2. The molecule has 2 aliphatic heterocycles. The Morgan fingerprint density at radius 3 is 2.71 bits per heavy atom. The Bertz CT molecular complexity index is 643. The third kappa shape index (κ3) is 2.35. The third-order valence-corrected chi connectivity index (χ3v) is 4.20. The van der Waals surface area contributed by atoms with Crippen molar-refractivity contribution in [2.24, 2.45) is 0 Å². The van der Waals surface area contributed by atoms with Crippen LogP contribution >= 0.6 is 15.9 Å². The second-order valence-corrected chi connectivity index (χ2v) is 6.16. The zero-order valence-corrected chi connectivity index (χ0v) is 12.6. The van der Waals surface area contributed by atoms with Crippen LogP contribution in [0.3, 0.4) is 0 Å². The van der Waals surface area contributed by atoms with Crippen LogP contribution in [0.15, 0.2) is 22.7 Å². The van der Waals surface area contributed by atoms with Crippen LogP contribution in [0.25, 0.3) is 0 Å². The summed E-state index contributed by atoms with van der Waals surface area (Å²) in [6.45, 7) is 0.564. The molecule has 4 N–H and O–H groups in total. The van der Waals surface area contributed by atoms with E-state index in [-0.39, 0.29) is 18.4 Å². The Hall–Kier alpha value is -2.09. The fourth-order valence-corrected chi connectivity index (χ4v) is 3.23. The molecule has 21 heavy (non-hydrogen) atoms. The SMILES string of the molecule is Nc1cc(Br)cc(C(=O)N2CCC3(C2)NC(=O)NC3=O)c1. The molecule has 2 saturated heterocycles. The molecule has 1 atom stereocenters. The largest absolute Gasteiger partial charge is 0.399 e. The molecule has 110 valence electrons. The van der Waals surface area contributed by atoms with Crippen molar-refractivity contribution in [2.75, 3.05) is 18.8 Å². The average molecular weight is 353 g/mol. The fraction of sp³-hybridized carbons (Fsp3) is 0.308. The molecule has 2 heterocycles. The Morgan fingerprint density at radius 2 is 2.10 bits per heavy atom. The van der Waals surface area contributed by atoms with E-state index >= 15 is 0 Å². The first-order valence-corrected chi connectivity index (χ1v) is 7.18. The van der Waals surface area contributed by atoms with Crippen molar-refractivity contribution in [2.45, 2.75) is 12.0 Å². The summed E-state index contributed by atoms with van der Waals surface area (Å²) in [4.78, 5) is 37.2. The van der Waals surface area contributed by atoms with Gasteiger partial charge in [0.15, 0.2) is 0 Å². The normalized spacial score (nSPS) is 24.3. The van der Waals surface area contributed by atoms with Gasteiger partial charge in [-0.3, -0.25) is 14.9 Å². The number of carbonyl (C=O) groups is 3. The van der Waals surface area contributed by atoms with Crippen LogP contribution in [0.2, 0.25) is 0 Å². The Balaban J connectivity index is 1.81. The van der Waals surface area contributed by atoms with Gasteiger partial charge in [0.05, 0.1) is 6.54 Å². The number of nitrogens with two attached hydrogens (primary N) is 1. The van der Waals surface area contributed by atoms with Gasteiger partial charge in [-0.05, 0) is 24.6 Å². The maximum absolute atomic E-state index is 12.5. The second kappa shape index (κ2) is 4.73. The number of anilines is 1. The number of imide groups is 1. The standard InChI is InChI=1S/C13H13BrN4O3/c14-8-3-7(4-9(15)5-8)10(19)18-2-1-13(6-18)11(20)16-12(21)17-13/h3-5H,1-2,6,15H2,(H2,16,17,20,21). The van der Waals surface area contributed by atoms with E-state index in [0.717, 1.165) is 0 Å². The van der Waals surface area contributed by atoms with E-state index in [4.69, 9.17) is 5.73 Å². The van der Waals surface area contributed by atoms with E-state index in [1.807, 2.05) is 0 Å². The molecule has 1 unspecified atom stereocenters. The van der Waals surface area contributed by atoms with E-state index < -0.39 is 11.6 Å². The van der Waals surface area contributed by atoms with Crippen LogP contribution in [0.4, 0.5) is 10.5 Å². The summed E-state index contributed by atoms with van der Waals surface area (Å²) in [5.41, 5.74) is 5.66. The fourth-order valence-electron chi connectivity index (χ4n) is 2.72. The molecule has 1 spiro atoms. The molecule has 2 aliphatic rings. The molecule has 0 aromatic heterocycles. The van der Waals surface area contributed by atoms with Crippen molar-refractivity contribution in [1.29, 1.82) is 0 Å². The number of urea groups is 1. The van der Waals surface area contributed by atoms with E-state index in [1.165, 1.54) is 0 Å². The summed E-state index contributed by atoms with van der Waals surface area (Å²) >= 11 is 3.30. The summed E-state index contributed by atoms with van der Waals surface area (Å²) in [5.74, 6) is -0.592. The van der Waals surface area contributed by atoms with Crippen molar-refractivity contribution in [3.63, 3.8) is 0 Å². The number of hydrogen-bond acceptors (Lipinski definition) is 4. The summed E-state index contributed by atoms with van der Waals surface area (Å²) in [5, 5.41) is 4.82. The third-order valence-electron chi connectivity index (χ3n) is 3.74. The number of carbonyl (C=O) groups excluding carboxylic acids is 3. The molecule has 4 amide bonds. The van der Waals surface area contributed by atoms with Crippen LogP contribution in [0.5, 0.6) is 0 Å². The molecule has 7 nitrogen and oxygen atoms in total. The summed E-state index contributed by atoms with van der Waals surface area (Å²) in [6.07, 6.45) is 0.403. The van der Waals surface area contributed by atoms with Crippen LogP contribution in [-0.4, -0.2) is 41.4 Å². The van der Waals surface area contributed by atoms with Gasteiger partial charge in [-0.1, -0.05) is 15.9 Å². The number of rotatable bonds is 1. The molecule has 2 fully saturated rings. The Labute approximate surface area is 129 Å². The number of halogens is 1. The van der Waals surface area contributed by atoms with Crippen LogP contribution in [0.1, 0.15) is 16.8 Å². The van der Waals surface area contributed by atoms with E-state index in [0.29, 0.717) is 28.7 Å². The molecule has 0 aliphatic carbocycles. The van der Waals surface area contributed by atoms with E-state index in [2.05, 4.69) is 26.6 Å². The molecule has 1 aromatic rings. The van der Waals surface area contributed by atoms with Crippen LogP contribution in [-0.2, 0) is 4.79 Å². The van der Waals surface area contributed by atoms with Crippen molar-refractivity contribution in [1.82, 2.24) is 15.5 Å². The Kier molecular flexibility index (Phi) is 3.12. The summed E-state index contributed by atoms with van der Waals surface area (Å²) in [6, 6.07) is 4.45. The second-order valence-electron chi connectivity index (χ2n) is 5.24. The van der Waals surface area contributed by atoms with Gasteiger partial charge in [-0.2, -0.15) is 0 Å². The van der Waals surface area contributed by atoms with Crippen molar-refractivity contribution in [3.05, 3.63) is 28.2 Å². The highest BCUT2D eigenvalue weighted by atomic mass is 79.9. The van der Waals surface area contributed by atoms with Gasteiger partial charge in [-0.15, -0.1) is 0 Å².